The number of thioether (sulfide) groups is 1. The van der Waals surface area contributed by atoms with Crippen LogP contribution in [0.4, 0.5) is 0 Å². The lowest BCUT2D eigenvalue weighted by atomic mass is 10.2. The highest BCUT2D eigenvalue weighted by molar-refractivity contribution is 9.10. The van der Waals surface area contributed by atoms with Gasteiger partial charge in [-0.3, -0.25) is 0 Å². The van der Waals surface area contributed by atoms with Crippen molar-refractivity contribution in [3.8, 4) is 0 Å². The zero-order chi connectivity index (χ0) is 12.8. The summed E-state index contributed by atoms with van der Waals surface area (Å²) < 4.78 is 2.79. The molecule has 7 heteroatoms. The molecule has 0 bridgehead atoms. The number of benzene rings is 1. The van der Waals surface area contributed by atoms with Gasteiger partial charge in [-0.15, -0.1) is 5.10 Å². The van der Waals surface area contributed by atoms with Gasteiger partial charge in [0.2, 0.25) is 5.16 Å². The number of hydrogen-bond donors (Lipinski definition) is 1. The van der Waals surface area contributed by atoms with Crippen molar-refractivity contribution in [3.63, 3.8) is 0 Å². The first-order valence-corrected chi connectivity index (χ1v) is 7.34. The SMILES string of the molecule is Cn1nnnc1SCCNCc1cccc(Br)c1. The molecular weight excluding hydrogens is 314 g/mol. The van der Waals surface area contributed by atoms with E-state index in [0.29, 0.717) is 0 Å². The van der Waals surface area contributed by atoms with Gasteiger partial charge in [-0.1, -0.05) is 39.8 Å². The van der Waals surface area contributed by atoms with Gasteiger partial charge >= 0.3 is 0 Å². The van der Waals surface area contributed by atoms with Gasteiger partial charge in [0.25, 0.3) is 0 Å². The summed E-state index contributed by atoms with van der Waals surface area (Å²) in [6.45, 7) is 1.79. The molecule has 0 aliphatic heterocycles. The molecule has 1 aromatic heterocycles. The van der Waals surface area contributed by atoms with Gasteiger partial charge in [-0.05, 0) is 28.1 Å². The van der Waals surface area contributed by atoms with Crippen LogP contribution in [-0.2, 0) is 13.6 Å². The molecule has 0 amide bonds. The smallest absolute Gasteiger partial charge is 0.209 e. The molecule has 0 saturated heterocycles. The average Bonchev–Trinajstić information content (AvgIpc) is 2.75. The molecule has 0 atom stereocenters. The van der Waals surface area contributed by atoms with Gasteiger partial charge in [0, 0.05) is 30.4 Å². The van der Waals surface area contributed by atoms with Crippen LogP contribution in [-0.4, -0.2) is 32.5 Å². The second-order valence-electron chi connectivity index (χ2n) is 3.74. The maximum atomic E-state index is 3.91. The Morgan fingerprint density at radius 1 is 1.44 bits per heavy atom. The topological polar surface area (TPSA) is 55.6 Å². The Morgan fingerprint density at radius 3 is 3.06 bits per heavy atom. The van der Waals surface area contributed by atoms with Crippen molar-refractivity contribution in [2.45, 2.75) is 11.7 Å². The van der Waals surface area contributed by atoms with Gasteiger partial charge in [0.15, 0.2) is 0 Å². The van der Waals surface area contributed by atoms with Crippen molar-refractivity contribution in [1.29, 1.82) is 0 Å². The number of tetrazole rings is 1. The van der Waals surface area contributed by atoms with Gasteiger partial charge in [-0.2, -0.15) is 0 Å². The van der Waals surface area contributed by atoms with Crippen LogP contribution < -0.4 is 5.32 Å². The monoisotopic (exact) mass is 327 g/mol. The lowest BCUT2D eigenvalue weighted by Gasteiger charge is -2.04. The lowest BCUT2D eigenvalue weighted by molar-refractivity contribution is 0.663. The van der Waals surface area contributed by atoms with Crippen molar-refractivity contribution in [2.75, 3.05) is 12.3 Å². The van der Waals surface area contributed by atoms with Crippen LogP contribution in [0.2, 0.25) is 0 Å². The Balaban J connectivity index is 1.66. The molecule has 0 radical (unpaired) electrons. The Kier molecular flexibility index (Phi) is 5.15. The fraction of sp³-hybridized carbons (Fsp3) is 0.364. The standard InChI is InChI=1S/C11H14BrN5S/c1-17-11(14-15-16-17)18-6-5-13-8-9-3-2-4-10(12)7-9/h2-4,7,13H,5-6,8H2,1H3. The van der Waals surface area contributed by atoms with Crippen LogP contribution in [0, 0.1) is 0 Å². The molecule has 2 rings (SSSR count). The molecule has 0 fully saturated rings. The molecular formula is C11H14BrN5S. The first-order valence-electron chi connectivity index (χ1n) is 5.56. The highest BCUT2D eigenvalue weighted by atomic mass is 79.9. The van der Waals surface area contributed by atoms with E-state index in [9.17, 15) is 0 Å². The molecule has 96 valence electrons. The summed E-state index contributed by atoms with van der Waals surface area (Å²) in [5.74, 6) is 0.947. The van der Waals surface area contributed by atoms with Gasteiger partial charge in [0.1, 0.15) is 0 Å². The highest BCUT2D eigenvalue weighted by Crippen LogP contribution is 2.12. The molecule has 0 aliphatic rings. The lowest BCUT2D eigenvalue weighted by Crippen LogP contribution is -2.16. The van der Waals surface area contributed by atoms with Crippen LogP contribution in [0.15, 0.2) is 33.9 Å². The Morgan fingerprint density at radius 2 is 2.33 bits per heavy atom. The molecule has 1 aromatic carbocycles. The third-order valence-corrected chi connectivity index (χ3v) is 3.81. The summed E-state index contributed by atoms with van der Waals surface area (Å²) in [7, 11) is 1.84. The third-order valence-electron chi connectivity index (χ3n) is 2.31. The number of nitrogens with zero attached hydrogens (tertiary/aromatic N) is 4. The number of aromatic nitrogens is 4. The number of hydrogen-bond acceptors (Lipinski definition) is 5. The molecule has 0 aliphatic carbocycles. The summed E-state index contributed by atoms with van der Waals surface area (Å²) in [5.41, 5.74) is 1.27. The first kappa shape index (κ1) is 13.5. The van der Waals surface area contributed by atoms with Crippen molar-refractivity contribution in [2.24, 2.45) is 7.05 Å². The Hall–Kier alpha value is -0.920. The van der Waals surface area contributed by atoms with E-state index in [1.165, 1.54) is 5.56 Å². The zero-order valence-corrected chi connectivity index (χ0v) is 12.4. The van der Waals surface area contributed by atoms with Crippen LogP contribution in [0.25, 0.3) is 0 Å². The van der Waals surface area contributed by atoms with E-state index < -0.39 is 0 Å². The van der Waals surface area contributed by atoms with E-state index >= 15 is 0 Å². The van der Waals surface area contributed by atoms with Crippen molar-refractivity contribution in [3.05, 3.63) is 34.3 Å². The molecule has 1 heterocycles. The number of halogens is 1. The highest BCUT2D eigenvalue weighted by Gasteiger charge is 2.01. The minimum absolute atomic E-state index is 0.847. The van der Waals surface area contributed by atoms with Crippen LogP contribution >= 0.6 is 27.7 Å². The summed E-state index contributed by atoms with van der Waals surface area (Å²) in [6, 6.07) is 8.30. The van der Waals surface area contributed by atoms with Gasteiger partial charge in [0.05, 0.1) is 0 Å². The van der Waals surface area contributed by atoms with Crippen LogP contribution in [0.5, 0.6) is 0 Å². The predicted octanol–water partition coefficient (Wildman–Crippen LogP) is 1.85. The molecule has 0 saturated carbocycles. The van der Waals surface area contributed by atoms with Crippen LogP contribution in [0.1, 0.15) is 5.56 Å². The van der Waals surface area contributed by atoms with E-state index in [0.717, 1.165) is 28.5 Å². The summed E-state index contributed by atoms with van der Waals surface area (Å²) >= 11 is 5.11. The summed E-state index contributed by atoms with van der Waals surface area (Å²) in [4.78, 5) is 0. The number of rotatable bonds is 6. The van der Waals surface area contributed by atoms with E-state index in [-0.39, 0.29) is 0 Å². The maximum absolute atomic E-state index is 3.91. The average molecular weight is 328 g/mol. The van der Waals surface area contributed by atoms with E-state index in [4.69, 9.17) is 0 Å². The number of aryl methyl sites for hydroxylation is 1. The fourth-order valence-corrected chi connectivity index (χ4v) is 2.63. The first-order chi connectivity index (χ1) is 8.75. The van der Waals surface area contributed by atoms with E-state index in [1.54, 1.807) is 16.4 Å². The van der Waals surface area contributed by atoms with E-state index in [2.05, 4.69) is 48.9 Å². The molecule has 0 spiro atoms. The molecule has 2 aromatic rings. The molecule has 5 nitrogen and oxygen atoms in total. The summed E-state index contributed by atoms with van der Waals surface area (Å²) in [6.07, 6.45) is 0. The normalized spacial score (nSPS) is 10.8. The zero-order valence-electron chi connectivity index (χ0n) is 10.0. The van der Waals surface area contributed by atoms with Crippen molar-refractivity contribution >= 4 is 27.7 Å². The minimum Gasteiger partial charge on any atom is -0.312 e. The second kappa shape index (κ2) is 6.86. The molecule has 18 heavy (non-hydrogen) atoms. The predicted molar refractivity (Wildman–Crippen MR) is 75.4 cm³/mol. The minimum atomic E-state index is 0.847. The molecule has 1 N–H and O–H groups in total. The Bertz CT molecular complexity index is 502. The quantitative estimate of drug-likeness (QED) is 0.648. The molecule has 0 unspecified atom stereocenters. The Labute approximate surface area is 118 Å². The summed E-state index contributed by atoms with van der Waals surface area (Å²) in [5, 5.41) is 15.5. The van der Waals surface area contributed by atoms with Gasteiger partial charge in [-0.25, -0.2) is 4.68 Å². The maximum Gasteiger partial charge on any atom is 0.209 e. The number of nitrogens with one attached hydrogen (secondary N) is 1. The fourth-order valence-electron chi connectivity index (χ4n) is 1.44. The van der Waals surface area contributed by atoms with Crippen LogP contribution in [0.3, 0.4) is 0 Å². The van der Waals surface area contributed by atoms with Crippen molar-refractivity contribution in [1.82, 2.24) is 25.5 Å². The van der Waals surface area contributed by atoms with Crippen molar-refractivity contribution < 1.29 is 0 Å². The van der Waals surface area contributed by atoms with E-state index in [1.807, 2.05) is 19.2 Å². The van der Waals surface area contributed by atoms with Gasteiger partial charge < -0.3 is 5.32 Å². The third kappa shape index (κ3) is 4.08. The second-order valence-corrected chi connectivity index (χ2v) is 5.72. The largest absolute Gasteiger partial charge is 0.312 e.